The fourth-order valence-electron chi connectivity index (χ4n) is 3.43. The minimum atomic E-state index is 0. The van der Waals surface area contributed by atoms with Crippen molar-refractivity contribution in [1.82, 2.24) is 20.8 Å². The number of benzene rings is 1. The molecule has 1 aromatic heterocycles. The smallest absolute Gasteiger partial charge is 0.230 e. The summed E-state index contributed by atoms with van der Waals surface area (Å²) in [5, 5.41) is 9.61. The Balaban J connectivity index is 0.000000304. The molecule has 2 N–H and O–H groups in total. The molecule has 1 aliphatic heterocycles. The topological polar surface area (TPSA) is 97.1 Å². The molecule has 1 saturated carbocycles. The van der Waals surface area contributed by atoms with Crippen LogP contribution in [0.15, 0.2) is 22.7 Å². The summed E-state index contributed by atoms with van der Waals surface area (Å²) in [5.74, 6) is 2.12. The second-order valence-electron chi connectivity index (χ2n) is 6.97. The number of aromatic nitrogens is 2. The van der Waals surface area contributed by atoms with Crippen molar-refractivity contribution in [1.29, 1.82) is 0 Å². The number of carbonyl (C=O) groups is 2. The molecule has 2 fully saturated rings. The van der Waals surface area contributed by atoms with Gasteiger partial charge in [-0.15, -0.1) is 0 Å². The van der Waals surface area contributed by atoms with Gasteiger partial charge in [-0.3, -0.25) is 9.59 Å². The summed E-state index contributed by atoms with van der Waals surface area (Å²) in [6.45, 7) is 0.888. The Morgan fingerprint density at radius 1 is 1.27 bits per heavy atom. The Morgan fingerprint density at radius 3 is 2.81 bits per heavy atom. The number of amides is 2. The summed E-state index contributed by atoms with van der Waals surface area (Å²) in [7, 11) is 0. The average molecular weight is 358 g/mol. The van der Waals surface area contributed by atoms with Crippen LogP contribution in [0, 0.1) is 0 Å². The Bertz CT molecular complexity index is 815. The number of carbonyl (C=O) groups excluding carboxylic acids is 2. The van der Waals surface area contributed by atoms with E-state index in [1.807, 2.05) is 6.07 Å². The van der Waals surface area contributed by atoms with E-state index in [1.54, 1.807) is 0 Å². The van der Waals surface area contributed by atoms with Gasteiger partial charge in [0.25, 0.3) is 0 Å². The molecule has 0 bridgehead atoms. The monoisotopic (exact) mass is 358 g/mol. The first kappa shape index (κ1) is 16.8. The summed E-state index contributed by atoms with van der Waals surface area (Å²) in [6, 6.07) is 6.32. The molecular weight excluding hydrogens is 332 g/mol. The molecule has 1 atom stereocenters. The van der Waals surface area contributed by atoms with Gasteiger partial charge in [0, 0.05) is 27.3 Å². The predicted molar refractivity (Wildman–Crippen MR) is 98.4 cm³/mol. The molecule has 7 heteroatoms. The molecule has 140 valence electrons. The Morgan fingerprint density at radius 2 is 2.15 bits per heavy atom. The van der Waals surface area contributed by atoms with E-state index in [0.717, 1.165) is 62.9 Å². The highest BCUT2D eigenvalue weighted by Crippen LogP contribution is 2.40. The molecule has 2 amide bonds. The van der Waals surface area contributed by atoms with Crippen molar-refractivity contribution in [2.45, 2.75) is 50.5 Å². The third-order valence-electron chi connectivity index (χ3n) is 5.02. The van der Waals surface area contributed by atoms with E-state index in [4.69, 9.17) is 4.52 Å². The van der Waals surface area contributed by atoms with Crippen LogP contribution in [-0.2, 0) is 16.0 Å². The first-order valence-corrected chi connectivity index (χ1v) is 9.18. The largest absolute Gasteiger partial charge is 0.356 e. The minimum absolute atomic E-state index is 0. The molecule has 2 heterocycles. The Hall–Kier alpha value is -2.70. The van der Waals surface area contributed by atoms with Crippen LogP contribution in [0.4, 0.5) is 0 Å². The average Bonchev–Trinajstić information content (AvgIpc) is 3.05. The molecule has 7 nitrogen and oxygen atoms in total. The zero-order chi connectivity index (χ0) is 17.9. The van der Waals surface area contributed by atoms with E-state index in [0.29, 0.717) is 11.7 Å². The lowest BCUT2D eigenvalue weighted by Gasteiger charge is -2.09. The third-order valence-corrected chi connectivity index (χ3v) is 5.02. The molecule has 26 heavy (non-hydrogen) atoms. The van der Waals surface area contributed by atoms with Crippen LogP contribution in [0.2, 0.25) is 0 Å². The van der Waals surface area contributed by atoms with Crippen LogP contribution in [-0.4, -0.2) is 29.0 Å². The Labute approximate surface area is 154 Å². The molecule has 1 saturated heterocycles. The van der Waals surface area contributed by atoms with E-state index < -0.39 is 0 Å². The summed E-state index contributed by atoms with van der Waals surface area (Å²) >= 11 is 0. The maximum atomic E-state index is 10.6. The molecule has 2 aliphatic carbocycles. The van der Waals surface area contributed by atoms with Gasteiger partial charge >= 0.3 is 0 Å². The van der Waals surface area contributed by atoms with Crippen molar-refractivity contribution in [3.63, 3.8) is 0 Å². The number of nitrogens with one attached hydrogen (secondary N) is 2. The first-order chi connectivity index (χ1) is 12.7. The number of fused-ring (bicyclic) bond motifs is 1. The first-order valence-electron chi connectivity index (χ1n) is 9.18. The van der Waals surface area contributed by atoms with Crippen molar-refractivity contribution in [3.8, 4) is 11.4 Å². The third kappa shape index (κ3) is 3.61. The van der Waals surface area contributed by atoms with Crippen LogP contribution in [0.5, 0.6) is 0 Å². The van der Waals surface area contributed by atoms with Gasteiger partial charge in [0.05, 0.1) is 6.04 Å². The lowest BCUT2D eigenvalue weighted by Crippen LogP contribution is -2.16. The van der Waals surface area contributed by atoms with Crippen molar-refractivity contribution in [2.24, 2.45) is 0 Å². The second-order valence-corrected chi connectivity index (χ2v) is 6.97. The normalized spacial score (nSPS) is 20.8. The standard InChI is InChI=1S/C15H15N3O2.C4H7NO.2H2/c19-8-16-13-6-4-10-7-11(3-5-12(10)13)14-17-15(20-18-14)9-1-2-9;6-4-2-1-3-5-4;;/h3,5,7-9,13H,1-2,4,6H2,(H,16,19);1-3H2,(H,5,6);2*1H/t13-;;;/m1.../s1. The molecule has 1 aromatic carbocycles. The molecule has 3 aliphatic rings. The zero-order valence-corrected chi connectivity index (χ0v) is 14.5. The van der Waals surface area contributed by atoms with Gasteiger partial charge in [-0.1, -0.05) is 17.3 Å². The van der Waals surface area contributed by atoms with Crippen molar-refractivity contribution >= 4 is 12.3 Å². The summed E-state index contributed by atoms with van der Waals surface area (Å²) in [6.07, 6.45) is 6.78. The van der Waals surface area contributed by atoms with Gasteiger partial charge in [-0.25, -0.2) is 0 Å². The minimum Gasteiger partial charge on any atom is -0.356 e. The quantitative estimate of drug-likeness (QED) is 0.819. The van der Waals surface area contributed by atoms with Crippen molar-refractivity contribution in [3.05, 3.63) is 35.2 Å². The number of hydrogen-bond donors (Lipinski definition) is 2. The van der Waals surface area contributed by atoms with Gasteiger partial charge < -0.3 is 15.2 Å². The fraction of sp³-hybridized carbons (Fsp3) is 0.474. The highest BCUT2D eigenvalue weighted by Gasteiger charge is 2.30. The number of aryl methyl sites for hydroxylation is 1. The molecule has 0 spiro atoms. The van der Waals surface area contributed by atoms with E-state index in [2.05, 4.69) is 32.9 Å². The SMILES string of the molecule is O=C1CCCN1.O=CN[C@@H]1CCc2cc(-c3noc(C4CC4)n3)ccc21.[HH].[HH]. The predicted octanol–water partition coefficient (Wildman–Crippen LogP) is 2.74. The number of nitrogens with zero attached hydrogens (tertiary/aromatic N) is 2. The molecular formula is C19H26N4O3. The highest BCUT2D eigenvalue weighted by atomic mass is 16.5. The maximum Gasteiger partial charge on any atom is 0.230 e. The van der Waals surface area contributed by atoms with Gasteiger partial charge in [0.1, 0.15) is 0 Å². The molecule has 0 unspecified atom stereocenters. The maximum absolute atomic E-state index is 10.6. The number of hydrogen-bond acceptors (Lipinski definition) is 5. The summed E-state index contributed by atoms with van der Waals surface area (Å²) in [5.41, 5.74) is 3.46. The molecule has 2 aromatic rings. The fourth-order valence-corrected chi connectivity index (χ4v) is 3.43. The van der Waals surface area contributed by atoms with Crippen LogP contribution in [0.3, 0.4) is 0 Å². The molecule has 5 rings (SSSR count). The van der Waals surface area contributed by atoms with Gasteiger partial charge in [0.2, 0.25) is 24.0 Å². The Kier molecular flexibility index (Phi) is 4.69. The lowest BCUT2D eigenvalue weighted by molar-refractivity contribution is -0.119. The van der Waals surface area contributed by atoms with Crippen molar-refractivity contribution < 1.29 is 17.0 Å². The molecule has 0 radical (unpaired) electrons. The lowest BCUT2D eigenvalue weighted by atomic mass is 10.0. The van der Waals surface area contributed by atoms with Gasteiger partial charge in [-0.2, -0.15) is 4.98 Å². The number of rotatable bonds is 4. The van der Waals surface area contributed by atoms with E-state index >= 15 is 0 Å². The van der Waals surface area contributed by atoms with E-state index in [-0.39, 0.29) is 14.8 Å². The second kappa shape index (κ2) is 7.27. The van der Waals surface area contributed by atoms with Crippen LogP contribution >= 0.6 is 0 Å². The van der Waals surface area contributed by atoms with E-state index in [1.165, 1.54) is 11.1 Å². The van der Waals surface area contributed by atoms with Crippen molar-refractivity contribution in [2.75, 3.05) is 6.54 Å². The summed E-state index contributed by atoms with van der Waals surface area (Å²) < 4.78 is 5.30. The van der Waals surface area contributed by atoms with E-state index in [9.17, 15) is 9.59 Å². The zero-order valence-electron chi connectivity index (χ0n) is 14.5. The summed E-state index contributed by atoms with van der Waals surface area (Å²) in [4.78, 5) is 25.2. The van der Waals surface area contributed by atoms with Gasteiger partial charge in [0.15, 0.2) is 0 Å². The van der Waals surface area contributed by atoms with Crippen LogP contribution in [0.25, 0.3) is 11.4 Å². The van der Waals surface area contributed by atoms with Crippen LogP contribution in [0.1, 0.15) is 63.9 Å². The van der Waals surface area contributed by atoms with Gasteiger partial charge in [-0.05, 0) is 49.3 Å². The van der Waals surface area contributed by atoms with Crippen LogP contribution < -0.4 is 10.6 Å². The highest BCUT2D eigenvalue weighted by molar-refractivity contribution is 5.77.